The van der Waals surface area contributed by atoms with Crippen molar-refractivity contribution in [3.8, 4) is 0 Å². The van der Waals surface area contributed by atoms with E-state index in [0.717, 1.165) is 16.9 Å². The van der Waals surface area contributed by atoms with Gasteiger partial charge in [-0.15, -0.1) is 0 Å². The van der Waals surface area contributed by atoms with E-state index >= 15 is 0 Å². The largest absolute Gasteiger partial charge is 0.484 e. The Hall–Kier alpha value is -0.980. The molecule has 0 fully saturated rings. The molecule has 0 aliphatic heterocycles. The monoisotopic (exact) mass is 180 g/mol. The lowest BCUT2D eigenvalue weighted by Gasteiger charge is -2.28. The van der Waals surface area contributed by atoms with Crippen LogP contribution < -0.4 is 0 Å². The summed E-state index contributed by atoms with van der Waals surface area (Å²) in [5, 5.41) is 0. The van der Waals surface area contributed by atoms with Crippen molar-refractivity contribution in [3.63, 3.8) is 0 Å². The smallest absolute Gasteiger partial charge is 0.124 e. The number of hydrogen-bond acceptors (Lipinski definition) is 1. The van der Waals surface area contributed by atoms with Crippen LogP contribution in [0.5, 0.6) is 0 Å². The van der Waals surface area contributed by atoms with Crippen molar-refractivity contribution >= 4 is 0 Å². The van der Waals surface area contributed by atoms with Gasteiger partial charge in [-0.1, -0.05) is 19.2 Å². The highest BCUT2D eigenvalue weighted by Gasteiger charge is 2.21. The van der Waals surface area contributed by atoms with Crippen LogP contribution >= 0.6 is 0 Å². The van der Waals surface area contributed by atoms with Gasteiger partial charge in [0.2, 0.25) is 0 Å². The molecule has 0 aromatic heterocycles. The van der Waals surface area contributed by atoms with E-state index in [2.05, 4.69) is 13.2 Å². The van der Waals surface area contributed by atoms with Gasteiger partial charge < -0.3 is 4.74 Å². The highest BCUT2D eigenvalue weighted by Crippen LogP contribution is 2.24. The maximum atomic E-state index is 5.69. The first-order valence-corrected chi connectivity index (χ1v) is 4.48. The summed E-state index contributed by atoms with van der Waals surface area (Å²) in [7, 11) is 0. The first kappa shape index (κ1) is 12.0. The second kappa shape index (κ2) is 4.31. The fourth-order valence-corrected chi connectivity index (χ4v) is 0.637. The van der Waals surface area contributed by atoms with Crippen LogP contribution in [-0.4, -0.2) is 5.60 Å². The molecule has 0 aromatic rings. The number of rotatable bonds is 4. The summed E-state index contributed by atoms with van der Waals surface area (Å²) in [5.74, 6) is 0.718. The van der Waals surface area contributed by atoms with Crippen LogP contribution in [0.25, 0.3) is 0 Å². The molecular weight excluding hydrogens is 160 g/mol. The van der Waals surface area contributed by atoms with Crippen LogP contribution in [0.4, 0.5) is 0 Å². The van der Waals surface area contributed by atoms with Gasteiger partial charge >= 0.3 is 0 Å². The molecule has 0 aliphatic rings. The van der Waals surface area contributed by atoms with E-state index in [0.29, 0.717) is 0 Å². The van der Waals surface area contributed by atoms with Crippen molar-refractivity contribution in [2.45, 2.75) is 40.2 Å². The summed E-state index contributed by atoms with van der Waals surface area (Å²) in [6, 6.07) is 0. The summed E-state index contributed by atoms with van der Waals surface area (Å²) < 4.78 is 5.69. The van der Waals surface area contributed by atoms with Gasteiger partial charge in [-0.3, -0.25) is 0 Å². The summed E-state index contributed by atoms with van der Waals surface area (Å²) in [6.07, 6.45) is 1.98. The summed E-state index contributed by atoms with van der Waals surface area (Å²) in [4.78, 5) is 0. The Morgan fingerprint density at radius 1 is 1.23 bits per heavy atom. The van der Waals surface area contributed by atoms with Crippen molar-refractivity contribution < 1.29 is 4.74 Å². The zero-order valence-corrected chi connectivity index (χ0v) is 9.40. The molecule has 13 heavy (non-hydrogen) atoms. The minimum Gasteiger partial charge on any atom is -0.484 e. The fraction of sp³-hybridized carbons (Fsp3) is 0.500. The average molecular weight is 180 g/mol. The Labute approximate surface area is 81.8 Å². The van der Waals surface area contributed by atoms with Gasteiger partial charge in [-0.25, -0.2) is 0 Å². The molecule has 0 aliphatic carbocycles. The highest BCUT2D eigenvalue weighted by atomic mass is 16.5. The molecule has 0 amide bonds. The number of hydrogen-bond donors (Lipinski definition) is 0. The Balaban J connectivity index is 4.46. The van der Waals surface area contributed by atoms with Gasteiger partial charge in [-0.05, 0) is 45.8 Å². The first-order chi connectivity index (χ1) is 5.81. The van der Waals surface area contributed by atoms with Crippen molar-refractivity contribution in [2.75, 3.05) is 0 Å². The third kappa shape index (κ3) is 3.49. The normalized spacial score (nSPS) is 12.5. The van der Waals surface area contributed by atoms with Gasteiger partial charge in [0, 0.05) is 0 Å². The van der Waals surface area contributed by atoms with Gasteiger partial charge in [0.1, 0.15) is 11.4 Å². The quantitative estimate of drug-likeness (QED) is 0.363. The van der Waals surface area contributed by atoms with E-state index in [1.807, 2.05) is 40.7 Å². The summed E-state index contributed by atoms with van der Waals surface area (Å²) in [5.41, 5.74) is 1.73. The van der Waals surface area contributed by atoms with Crippen molar-refractivity contribution in [1.29, 1.82) is 0 Å². The van der Waals surface area contributed by atoms with Gasteiger partial charge in [0.15, 0.2) is 0 Å². The Kier molecular flexibility index (Phi) is 3.99. The zero-order valence-electron chi connectivity index (χ0n) is 9.40. The van der Waals surface area contributed by atoms with Crippen molar-refractivity contribution in [1.82, 2.24) is 0 Å². The molecule has 74 valence electrons. The third-order valence-electron chi connectivity index (χ3n) is 2.28. The predicted octanol–water partition coefficient (Wildman–Crippen LogP) is 3.84. The number of allylic oxidation sites excluding steroid dienone is 2. The Bertz CT molecular complexity index is 244. The third-order valence-corrected chi connectivity index (χ3v) is 2.28. The molecule has 0 saturated heterocycles. The molecule has 0 bridgehead atoms. The van der Waals surface area contributed by atoms with Gasteiger partial charge in [0.25, 0.3) is 0 Å². The van der Waals surface area contributed by atoms with Crippen LogP contribution in [0.3, 0.4) is 0 Å². The molecule has 0 unspecified atom stereocenters. The topological polar surface area (TPSA) is 9.23 Å². The minimum atomic E-state index is -0.332. The molecular formula is C12H20O. The molecule has 1 nitrogen and oxygen atoms in total. The molecule has 0 heterocycles. The molecule has 0 spiro atoms. The molecule has 0 rings (SSSR count). The lowest BCUT2D eigenvalue weighted by molar-refractivity contribution is 0.0744. The first-order valence-electron chi connectivity index (χ1n) is 4.48. The summed E-state index contributed by atoms with van der Waals surface area (Å²) >= 11 is 0. The fourth-order valence-electron chi connectivity index (χ4n) is 0.637. The molecule has 0 atom stereocenters. The van der Waals surface area contributed by atoms with Crippen molar-refractivity contribution in [2.24, 2.45) is 0 Å². The lowest BCUT2D eigenvalue weighted by Crippen LogP contribution is -2.25. The second-order valence-corrected chi connectivity index (χ2v) is 3.79. The second-order valence-electron chi connectivity index (χ2n) is 3.79. The molecule has 1 heteroatoms. The highest BCUT2D eigenvalue weighted by molar-refractivity contribution is 5.22. The minimum absolute atomic E-state index is 0.332. The predicted molar refractivity (Wildman–Crippen MR) is 58.5 cm³/mol. The lowest BCUT2D eigenvalue weighted by atomic mass is 10.0. The average Bonchev–Trinajstić information content (AvgIpc) is 2.01. The zero-order chi connectivity index (χ0) is 10.6. The molecule has 0 N–H and O–H groups in total. The Morgan fingerprint density at radius 3 is 2.00 bits per heavy atom. The summed E-state index contributed by atoms with van der Waals surface area (Å²) in [6.45, 7) is 17.6. The van der Waals surface area contributed by atoms with Crippen LogP contribution in [-0.2, 0) is 4.74 Å². The van der Waals surface area contributed by atoms with Crippen LogP contribution in [0.2, 0.25) is 0 Å². The van der Waals surface area contributed by atoms with E-state index in [1.54, 1.807) is 0 Å². The number of ether oxygens (including phenoxy) is 1. The molecule has 0 aromatic carbocycles. The van der Waals surface area contributed by atoms with E-state index in [-0.39, 0.29) is 5.60 Å². The Morgan fingerprint density at radius 2 is 1.69 bits per heavy atom. The van der Waals surface area contributed by atoms with E-state index in [1.165, 1.54) is 0 Å². The molecule has 0 radical (unpaired) electrons. The SMILES string of the molecule is C=C(OC(C)(C)C(=C)C)/C(C)=C\C. The maximum absolute atomic E-state index is 5.69. The van der Waals surface area contributed by atoms with Gasteiger partial charge in [-0.2, -0.15) is 0 Å². The van der Waals surface area contributed by atoms with Crippen LogP contribution in [0.15, 0.2) is 36.1 Å². The van der Waals surface area contributed by atoms with Crippen molar-refractivity contribution in [3.05, 3.63) is 36.1 Å². The van der Waals surface area contributed by atoms with E-state index < -0.39 is 0 Å². The van der Waals surface area contributed by atoms with Gasteiger partial charge in [0.05, 0.1) is 0 Å². The molecule has 0 saturated carbocycles. The van der Waals surface area contributed by atoms with Crippen LogP contribution in [0.1, 0.15) is 34.6 Å². The van der Waals surface area contributed by atoms with Crippen LogP contribution in [0, 0.1) is 0 Å². The van der Waals surface area contributed by atoms with E-state index in [9.17, 15) is 0 Å². The van der Waals surface area contributed by atoms with E-state index in [4.69, 9.17) is 4.74 Å². The standard InChI is InChI=1S/C12H20O/c1-8-10(4)11(5)13-12(6,7)9(2)3/h8H,2,5H2,1,3-4,6-7H3/b10-8-. The maximum Gasteiger partial charge on any atom is 0.124 e.